The lowest BCUT2D eigenvalue weighted by Crippen LogP contribution is -2.28. The van der Waals surface area contributed by atoms with Gasteiger partial charge < -0.3 is 5.32 Å². The van der Waals surface area contributed by atoms with Crippen LogP contribution in [0.1, 0.15) is 6.92 Å². The highest BCUT2D eigenvalue weighted by Gasteiger charge is 2.19. The van der Waals surface area contributed by atoms with Crippen molar-refractivity contribution in [3.05, 3.63) is 46.8 Å². The van der Waals surface area contributed by atoms with E-state index in [2.05, 4.69) is 20.6 Å². The minimum absolute atomic E-state index is 0.0483. The molecule has 0 fully saturated rings. The number of thiazole rings is 1. The van der Waals surface area contributed by atoms with Gasteiger partial charge in [-0.25, -0.2) is 9.78 Å². The van der Waals surface area contributed by atoms with Crippen LogP contribution in [-0.2, 0) is 0 Å². The number of anilines is 1. The first-order chi connectivity index (χ1) is 11.6. The van der Waals surface area contributed by atoms with Crippen molar-refractivity contribution in [2.75, 3.05) is 11.9 Å². The molecule has 0 unspecified atom stereocenters. The van der Waals surface area contributed by atoms with Crippen molar-refractivity contribution in [3.63, 3.8) is 0 Å². The fourth-order valence-corrected chi connectivity index (χ4v) is 3.13. The molecule has 0 saturated carbocycles. The Morgan fingerprint density at radius 2 is 2.21 bits per heavy atom. The van der Waals surface area contributed by atoms with E-state index in [4.69, 9.17) is 0 Å². The van der Waals surface area contributed by atoms with Crippen LogP contribution in [0.4, 0.5) is 15.6 Å². The summed E-state index contributed by atoms with van der Waals surface area (Å²) in [6.07, 6.45) is 3.26. The van der Waals surface area contributed by atoms with Crippen LogP contribution in [0.15, 0.2) is 36.7 Å². The van der Waals surface area contributed by atoms with E-state index >= 15 is 0 Å². The number of benzene rings is 1. The van der Waals surface area contributed by atoms with Gasteiger partial charge >= 0.3 is 6.03 Å². The molecule has 8 nitrogen and oxygen atoms in total. The maximum Gasteiger partial charge on any atom is 0.321 e. The van der Waals surface area contributed by atoms with Gasteiger partial charge in [-0.15, -0.1) is 0 Å². The second-order valence-corrected chi connectivity index (χ2v) is 5.84. The summed E-state index contributed by atoms with van der Waals surface area (Å²) in [5.41, 5.74) is 1.82. The summed E-state index contributed by atoms with van der Waals surface area (Å²) in [4.78, 5) is 30.9. The van der Waals surface area contributed by atoms with Gasteiger partial charge in [-0.2, -0.15) is 0 Å². The van der Waals surface area contributed by atoms with Gasteiger partial charge in [0.05, 0.1) is 10.4 Å². The summed E-state index contributed by atoms with van der Waals surface area (Å²) in [6, 6.07) is 6.42. The molecule has 0 aliphatic carbocycles. The number of carbonyl (C=O) groups excluding carboxylic acids is 1. The number of nitro benzene ring substituents is 1. The molecule has 3 aromatic rings. The van der Waals surface area contributed by atoms with Crippen molar-refractivity contribution in [2.24, 2.45) is 0 Å². The first-order valence-electron chi connectivity index (χ1n) is 7.12. The monoisotopic (exact) mass is 343 g/mol. The third-order valence-corrected chi connectivity index (χ3v) is 4.23. The third-order valence-electron chi connectivity index (χ3n) is 3.22. The van der Waals surface area contributed by atoms with Gasteiger partial charge in [0.2, 0.25) is 0 Å². The zero-order chi connectivity index (χ0) is 17.1. The summed E-state index contributed by atoms with van der Waals surface area (Å²) in [6.45, 7) is 2.27. The van der Waals surface area contributed by atoms with Crippen molar-refractivity contribution in [1.82, 2.24) is 15.3 Å². The molecule has 2 amide bonds. The summed E-state index contributed by atoms with van der Waals surface area (Å²) < 4.78 is 0.416. The number of pyridine rings is 1. The topological polar surface area (TPSA) is 110 Å². The maximum absolute atomic E-state index is 11.6. The molecule has 0 aliphatic heterocycles. The third kappa shape index (κ3) is 3.15. The normalized spacial score (nSPS) is 10.5. The largest absolute Gasteiger partial charge is 0.338 e. The molecule has 0 atom stereocenters. The van der Waals surface area contributed by atoms with Gasteiger partial charge in [-0.05, 0) is 24.6 Å². The molecule has 2 N–H and O–H groups in total. The molecule has 0 saturated heterocycles. The van der Waals surface area contributed by atoms with Crippen LogP contribution in [0, 0.1) is 10.1 Å². The summed E-state index contributed by atoms with van der Waals surface area (Å²) in [5, 5.41) is 16.9. The Kier molecular flexibility index (Phi) is 4.34. The quantitative estimate of drug-likeness (QED) is 0.557. The number of nitro groups is 1. The fraction of sp³-hybridized carbons (Fsp3) is 0.133. The predicted octanol–water partition coefficient (Wildman–Crippen LogP) is 3.41. The number of nitrogens with zero attached hydrogens (tertiary/aromatic N) is 3. The van der Waals surface area contributed by atoms with Crippen LogP contribution in [-0.4, -0.2) is 27.5 Å². The van der Waals surface area contributed by atoms with Crippen LogP contribution in [0.2, 0.25) is 0 Å². The van der Waals surface area contributed by atoms with E-state index in [1.807, 2.05) is 6.07 Å². The zero-order valence-corrected chi connectivity index (χ0v) is 13.5. The second kappa shape index (κ2) is 6.59. The van der Waals surface area contributed by atoms with Gasteiger partial charge in [0.25, 0.3) is 5.69 Å². The maximum atomic E-state index is 11.6. The van der Waals surface area contributed by atoms with Crippen molar-refractivity contribution in [1.29, 1.82) is 0 Å². The number of carbonyl (C=O) groups is 1. The zero-order valence-electron chi connectivity index (χ0n) is 12.6. The molecule has 9 heteroatoms. The summed E-state index contributed by atoms with van der Waals surface area (Å²) in [5.74, 6) is 0. The molecule has 2 heterocycles. The molecule has 24 heavy (non-hydrogen) atoms. The Hall–Kier alpha value is -3.07. The van der Waals surface area contributed by atoms with Crippen molar-refractivity contribution in [2.45, 2.75) is 6.92 Å². The molecule has 0 bridgehead atoms. The SMILES string of the molecule is CCNC(=O)Nc1nc2cc(-c3cccnc3)cc([N+](=O)[O-])c2s1. The lowest BCUT2D eigenvalue weighted by Gasteiger charge is -2.01. The molecular formula is C15H13N5O3S. The number of rotatable bonds is 4. The number of hydrogen-bond donors (Lipinski definition) is 2. The molecule has 122 valence electrons. The van der Waals surface area contributed by atoms with E-state index in [1.165, 1.54) is 6.07 Å². The van der Waals surface area contributed by atoms with Crippen molar-refractivity contribution in [3.8, 4) is 11.1 Å². The molecular weight excluding hydrogens is 330 g/mol. The van der Waals surface area contributed by atoms with Crippen molar-refractivity contribution >= 4 is 38.4 Å². The highest BCUT2D eigenvalue weighted by molar-refractivity contribution is 7.22. The second-order valence-electron chi connectivity index (χ2n) is 4.85. The predicted molar refractivity (Wildman–Crippen MR) is 92.2 cm³/mol. The van der Waals surface area contributed by atoms with Gasteiger partial charge in [0, 0.05) is 30.6 Å². The van der Waals surface area contributed by atoms with E-state index in [0.29, 0.717) is 27.5 Å². The van der Waals surface area contributed by atoms with E-state index in [9.17, 15) is 14.9 Å². The van der Waals surface area contributed by atoms with Crippen LogP contribution in [0.5, 0.6) is 0 Å². The first kappa shape index (κ1) is 15.8. The van der Waals surface area contributed by atoms with E-state index < -0.39 is 11.0 Å². The summed E-state index contributed by atoms with van der Waals surface area (Å²) in [7, 11) is 0. The Balaban J connectivity index is 2.08. The van der Waals surface area contributed by atoms with Crippen LogP contribution in [0.3, 0.4) is 0 Å². The number of non-ortho nitro benzene ring substituents is 1. The lowest BCUT2D eigenvalue weighted by molar-refractivity contribution is -0.382. The number of fused-ring (bicyclic) bond motifs is 1. The Morgan fingerprint density at radius 1 is 1.38 bits per heavy atom. The standard InChI is InChI=1S/C15H13N5O3S/c1-2-17-14(21)19-15-18-11-6-10(9-4-3-5-16-8-9)7-12(20(22)23)13(11)24-15/h3-8H,2H2,1H3,(H2,17,18,19,21). The van der Waals surface area contributed by atoms with E-state index in [0.717, 1.165) is 16.9 Å². The molecule has 1 aromatic carbocycles. The van der Waals surface area contributed by atoms with Gasteiger partial charge in [0.15, 0.2) is 5.13 Å². The lowest BCUT2D eigenvalue weighted by atomic mass is 10.1. The molecule has 0 aliphatic rings. The Labute approximate surface area is 140 Å². The first-order valence-corrected chi connectivity index (χ1v) is 7.94. The number of aromatic nitrogens is 2. The minimum atomic E-state index is -0.448. The molecule has 3 rings (SSSR count). The van der Waals surface area contributed by atoms with Crippen LogP contribution >= 0.6 is 11.3 Å². The van der Waals surface area contributed by atoms with E-state index in [-0.39, 0.29) is 5.69 Å². The van der Waals surface area contributed by atoms with Gasteiger partial charge in [-0.3, -0.25) is 20.4 Å². The number of urea groups is 1. The van der Waals surface area contributed by atoms with Crippen LogP contribution in [0.25, 0.3) is 21.3 Å². The van der Waals surface area contributed by atoms with Crippen molar-refractivity contribution < 1.29 is 9.72 Å². The van der Waals surface area contributed by atoms with E-state index in [1.54, 1.807) is 31.5 Å². The fourth-order valence-electron chi connectivity index (χ4n) is 2.21. The number of amides is 2. The minimum Gasteiger partial charge on any atom is -0.338 e. The molecule has 0 radical (unpaired) electrons. The average Bonchev–Trinajstić information content (AvgIpc) is 2.96. The number of nitrogens with one attached hydrogen (secondary N) is 2. The highest BCUT2D eigenvalue weighted by atomic mass is 32.1. The van der Waals surface area contributed by atoms with Crippen LogP contribution < -0.4 is 10.6 Å². The Morgan fingerprint density at radius 3 is 2.88 bits per heavy atom. The smallest absolute Gasteiger partial charge is 0.321 e. The number of hydrogen-bond acceptors (Lipinski definition) is 6. The van der Waals surface area contributed by atoms with Gasteiger partial charge in [-0.1, -0.05) is 17.4 Å². The summed E-state index contributed by atoms with van der Waals surface area (Å²) >= 11 is 1.07. The Bertz CT molecular complexity index is 910. The molecule has 2 aromatic heterocycles. The average molecular weight is 343 g/mol. The van der Waals surface area contributed by atoms with Gasteiger partial charge in [0.1, 0.15) is 4.70 Å². The molecule has 0 spiro atoms. The highest BCUT2D eigenvalue weighted by Crippen LogP contribution is 2.37.